The molecule has 1 aliphatic rings. The molecule has 3 atom stereocenters. The number of hydrogen-bond donors (Lipinski definition) is 0. The van der Waals surface area contributed by atoms with Gasteiger partial charge in [0.2, 0.25) is 0 Å². The summed E-state index contributed by atoms with van der Waals surface area (Å²) < 4.78 is 11.0. The minimum Gasteiger partial charge on any atom is -0.379 e. The molecule has 11 heavy (non-hydrogen) atoms. The van der Waals surface area contributed by atoms with Gasteiger partial charge in [0.25, 0.3) is 0 Å². The summed E-state index contributed by atoms with van der Waals surface area (Å²) in [5.41, 5.74) is 0. The smallest absolute Gasteiger partial charge is 0.0857 e. The average Bonchev–Trinajstić information content (AvgIpc) is 2.32. The normalized spacial score (nSPS) is 37.9. The second kappa shape index (κ2) is 4.07. The van der Waals surface area contributed by atoms with E-state index < -0.39 is 0 Å². The summed E-state index contributed by atoms with van der Waals surface area (Å²) in [5, 5.41) is 0. The van der Waals surface area contributed by atoms with Crippen LogP contribution in [0.2, 0.25) is 0 Å². The van der Waals surface area contributed by atoms with Crippen LogP contribution in [0.3, 0.4) is 0 Å². The lowest BCUT2D eigenvalue weighted by Crippen LogP contribution is -2.22. The molecule has 1 heterocycles. The summed E-state index contributed by atoms with van der Waals surface area (Å²) in [6, 6.07) is 0. The third-order valence-corrected chi connectivity index (χ3v) is 2.26. The largest absolute Gasteiger partial charge is 0.379 e. The van der Waals surface area contributed by atoms with Crippen molar-refractivity contribution in [3.05, 3.63) is 0 Å². The lowest BCUT2D eigenvalue weighted by Gasteiger charge is -2.15. The summed E-state index contributed by atoms with van der Waals surface area (Å²) in [5.74, 6) is 0. The lowest BCUT2D eigenvalue weighted by molar-refractivity contribution is -0.00552. The molecule has 0 bridgehead atoms. The second-order valence-corrected chi connectivity index (χ2v) is 3.28. The quantitative estimate of drug-likeness (QED) is 0.625. The summed E-state index contributed by atoms with van der Waals surface area (Å²) in [6.07, 6.45) is 4.43. The Morgan fingerprint density at radius 2 is 2.27 bits per heavy atom. The van der Waals surface area contributed by atoms with Crippen LogP contribution in [-0.4, -0.2) is 25.4 Å². The van der Waals surface area contributed by atoms with Crippen LogP contribution in [-0.2, 0) is 9.47 Å². The predicted molar refractivity (Wildman–Crippen MR) is 44.7 cm³/mol. The highest BCUT2D eigenvalue weighted by atomic mass is 16.6. The Morgan fingerprint density at radius 1 is 1.55 bits per heavy atom. The fraction of sp³-hybridized carbons (Fsp3) is 1.00. The molecule has 0 aliphatic carbocycles. The second-order valence-electron chi connectivity index (χ2n) is 3.28. The summed E-state index contributed by atoms with van der Waals surface area (Å²) in [7, 11) is 1.77. The van der Waals surface area contributed by atoms with Crippen LogP contribution in [0.25, 0.3) is 0 Å². The van der Waals surface area contributed by atoms with Crippen molar-refractivity contribution >= 4 is 0 Å². The third kappa shape index (κ3) is 2.17. The van der Waals surface area contributed by atoms with Gasteiger partial charge in [-0.25, -0.2) is 0 Å². The summed E-state index contributed by atoms with van der Waals surface area (Å²) >= 11 is 0. The van der Waals surface area contributed by atoms with Crippen molar-refractivity contribution in [1.29, 1.82) is 0 Å². The van der Waals surface area contributed by atoms with E-state index in [1.165, 1.54) is 6.42 Å². The van der Waals surface area contributed by atoms with Gasteiger partial charge in [-0.1, -0.05) is 13.3 Å². The van der Waals surface area contributed by atoms with Gasteiger partial charge in [-0.15, -0.1) is 0 Å². The maximum atomic E-state index is 5.68. The first-order chi connectivity index (χ1) is 5.27. The Kier molecular flexibility index (Phi) is 3.34. The first-order valence-electron chi connectivity index (χ1n) is 4.46. The topological polar surface area (TPSA) is 18.5 Å². The molecule has 0 spiro atoms. The molecule has 1 fully saturated rings. The molecule has 1 saturated heterocycles. The lowest BCUT2D eigenvalue weighted by atomic mass is 10.1. The Morgan fingerprint density at radius 3 is 2.82 bits per heavy atom. The molecule has 0 amide bonds. The molecule has 0 aromatic rings. The highest BCUT2D eigenvalue weighted by molar-refractivity contribution is 4.80. The fourth-order valence-electron chi connectivity index (χ4n) is 1.71. The van der Waals surface area contributed by atoms with Crippen LogP contribution >= 0.6 is 0 Å². The SMILES string of the molecule is CCC[C@H]1O[C@@H](C)CC1OC. The minimum absolute atomic E-state index is 0.338. The van der Waals surface area contributed by atoms with E-state index in [1.807, 2.05) is 0 Å². The Labute approximate surface area is 68.9 Å². The van der Waals surface area contributed by atoms with Crippen LogP contribution in [0, 0.1) is 0 Å². The number of methoxy groups -OCH3 is 1. The molecule has 0 N–H and O–H groups in total. The predicted octanol–water partition coefficient (Wildman–Crippen LogP) is 1.98. The molecular weight excluding hydrogens is 140 g/mol. The zero-order chi connectivity index (χ0) is 8.27. The van der Waals surface area contributed by atoms with Gasteiger partial charge in [0.05, 0.1) is 18.3 Å². The van der Waals surface area contributed by atoms with Gasteiger partial charge in [0.15, 0.2) is 0 Å². The standard InChI is InChI=1S/C9H18O2/c1-4-5-8-9(10-3)6-7(2)11-8/h7-9H,4-6H2,1-3H3/t7-,8+,9?/m0/s1. The summed E-state index contributed by atoms with van der Waals surface area (Å²) in [6.45, 7) is 4.29. The van der Waals surface area contributed by atoms with Crippen molar-refractivity contribution in [1.82, 2.24) is 0 Å². The van der Waals surface area contributed by atoms with Crippen molar-refractivity contribution in [2.75, 3.05) is 7.11 Å². The van der Waals surface area contributed by atoms with E-state index in [1.54, 1.807) is 7.11 Å². The molecule has 0 aromatic carbocycles. The molecule has 66 valence electrons. The van der Waals surface area contributed by atoms with E-state index in [-0.39, 0.29) is 0 Å². The maximum Gasteiger partial charge on any atom is 0.0857 e. The first kappa shape index (κ1) is 9.01. The number of hydrogen-bond acceptors (Lipinski definition) is 2. The van der Waals surface area contributed by atoms with Gasteiger partial charge in [-0.05, 0) is 13.3 Å². The summed E-state index contributed by atoms with van der Waals surface area (Å²) in [4.78, 5) is 0. The molecule has 1 rings (SSSR count). The average molecular weight is 158 g/mol. The molecule has 1 unspecified atom stereocenters. The van der Waals surface area contributed by atoms with Crippen molar-refractivity contribution in [2.45, 2.75) is 51.4 Å². The van der Waals surface area contributed by atoms with Crippen LogP contribution < -0.4 is 0 Å². The van der Waals surface area contributed by atoms with Crippen LogP contribution in [0.4, 0.5) is 0 Å². The van der Waals surface area contributed by atoms with Crippen LogP contribution in [0.1, 0.15) is 33.1 Å². The van der Waals surface area contributed by atoms with Crippen molar-refractivity contribution in [3.8, 4) is 0 Å². The Bertz CT molecular complexity index is 114. The minimum atomic E-state index is 0.338. The highest BCUT2D eigenvalue weighted by Gasteiger charge is 2.31. The Balaban J connectivity index is 2.37. The van der Waals surface area contributed by atoms with Crippen LogP contribution in [0.5, 0.6) is 0 Å². The van der Waals surface area contributed by atoms with Gasteiger partial charge in [0.1, 0.15) is 0 Å². The van der Waals surface area contributed by atoms with Crippen molar-refractivity contribution in [3.63, 3.8) is 0 Å². The third-order valence-electron chi connectivity index (χ3n) is 2.26. The van der Waals surface area contributed by atoms with E-state index in [9.17, 15) is 0 Å². The van der Waals surface area contributed by atoms with E-state index in [0.717, 1.165) is 12.8 Å². The van der Waals surface area contributed by atoms with Gasteiger partial charge >= 0.3 is 0 Å². The Hall–Kier alpha value is -0.0800. The van der Waals surface area contributed by atoms with Crippen molar-refractivity contribution in [2.24, 2.45) is 0 Å². The molecular formula is C9H18O2. The monoisotopic (exact) mass is 158 g/mol. The molecule has 0 saturated carbocycles. The maximum absolute atomic E-state index is 5.68. The molecule has 2 nitrogen and oxygen atoms in total. The molecule has 2 heteroatoms. The number of rotatable bonds is 3. The van der Waals surface area contributed by atoms with Gasteiger partial charge in [-0.2, -0.15) is 0 Å². The fourth-order valence-corrected chi connectivity index (χ4v) is 1.71. The molecule has 1 aliphatic heterocycles. The molecule has 0 aromatic heterocycles. The van der Waals surface area contributed by atoms with E-state index in [0.29, 0.717) is 18.3 Å². The van der Waals surface area contributed by atoms with Gasteiger partial charge in [0, 0.05) is 13.5 Å². The van der Waals surface area contributed by atoms with E-state index >= 15 is 0 Å². The van der Waals surface area contributed by atoms with E-state index in [2.05, 4.69) is 13.8 Å². The van der Waals surface area contributed by atoms with E-state index in [4.69, 9.17) is 9.47 Å². The molecule has 0 radical (unpaired) electrons. The highest BCUT2D eigenvalue weighted by Crippen LogP contribution is 2.25. The zero-order valence-corrected chi connectivity index (χ0v) is 7.67. The first-order valence-corrected chi connectivity index (χ1v) is 4.46. The van der Waals surface area contributed by atoms with Crippen LogP contribution in [0.15, 0.2) is 0 Å². The van der Waals surface area contributed by atoms with Gasteiger partial charge < -0.3 is 9.47 Å². The zero-order valence-electron chi connectivity index (χ0n) is 7.67. The van der Waals surface area contributed by atoms with Gasteiger partial charge in [-0.3, -0.25) is 0 Å². The van der Waals surface area contributed by atoms with Crippen molar-refractivity contribution < 1.29 is 9.47 Å². The number of ether oxygens (including phenoxy) is 2.